The fourth-order valence-corrected chi connectivity index (χ4v) is 2.39. The first-order chi connectivity index (χ1) is 10.00. The van der Waals surface area contributed by atoms with Crippen molar-refractivity contribution in [3.05, 3.63) is 58.6 Å². The van der Waals surface area contributed by atoms with Crippen molar-refractivity contribution in [1.29, 1.82) is 0 Å². The van der Waals surface area contributed by atoms with Crippen molar-refractivity contribution >= 4 is 43.4 Å². The van der Waals surface area contributed by atoms with Gasteiger partial charge in [0.1, 0.15) is 20.2 Å². The van der Waals surface area contributed by atoms with E-state index in [0.717, 1.165) is 0 Å². The molecule has 0 heterocycles. The summed E-state index contributed by atoms with van der Waals surface area (Å²) < 4.78 is 62.1. The van der Waals surface area contributed by atoms with Crippen molar-refractivity contribution in [3.63, 3.8) is 0 Å². The van der Waals surface area contributed by atoms with E-state index in [1.807, 2.05) is 0 Å². The molecule has 2 aromatic rings. The van der Waals surface area contributed by atoms with Crippen molar-refractivity contribution in [1.82, 2.24) is 0 Å². The van der Waals surface area contributed by atoms with E-state index in [0.29, 0.717) is 10.0 Å². The van der Waals surface area contributed by atoms with Gasteiger partial charge in [0, 0.05) is 10.0 Å². The maximum atomic E-state index is 10.3. The Bertz CT molecular complexity index is 761. The van der Waals surface area contributed by atoms with E-state index in [-0.39, 0.29) is 37.5 Å². The third kappa shape index (κ3) is 8.43. The van der Waals surface area contributed by atoms with Crippen molar-refractivity contribution < 1.29 is 53.6 Å². The molecule has 2 rings (SSSR count). The second-order valence-electron chi connectivity index (χ2n) is 3.82. The zero-order valence-electron chi connectivity index (χ0n) is 11.3. The van der Waals surface area contributed by atoms with E-state index in [1.54, 1.807) is 0 Å². The van der Waals surface area contributed by atoms with E-state index < -0.39 is 20.2 Å². The summed E-state index contributed by atoms with van der Waals surface area (Å²) >= 11 is 10.9. The van der Waals surface area contributed by atoms with Gasteiger partial charge in [-0.15, -0.1) is 0 Å². The summed E-state index contributed by atoms with van der Waals surface area (Å²) in [5.41, 5.74) is 0. The maximum Gasteiger partial charge on any atom is 2.00 e. The summed E-state index contributed by atoms with van der Waals surface area (Å²) in [5, 5.41) is 0.801. The van der Waals surface area contributed by atoms with Gasteiger partial charge >= 0.3 is 27.7 Å². The van der Waals surface area contributed by atoms with Crippen LogP contribution in [0.3, 0.4) is 0 Å². The average Bonchev–Trinajstić information content (AvgIpc) is 2.38. The van der Waals surface area contributed by atoms with Gasteiger partial charge in [-0.2, -0.15) is 0 Å². The first-order valence-corrected chi connectivity index (χ1v) is 9.00. The van der Waals surface area contributed by atoms with Crippen LogP contribution < -0.4 is 0 Å². The standard InChI is InChI=1S/2C6H5ClO3S.Hg/c2*7-5-1-3-6(4-2-5)11(8,9)10;/h2*1-4H,(H,8,9,10);/q;;+2/p-2. The van der Waals surface area contributed by atoms with Crippen molar-refractivity contribution in [3.8, 4) is 0 Å². The predicted octanol–water partition coefficient (Wildman–Crippen LogP) is 2.49. The van der Waals surface area contributed by atoms with Crippen molar-refractivity contribution in [2.45, 2.75) is 9.79 Å². The summed E-state index contributed by atoms with van der Waals surface area (Å²) in [6, 6.07) is 10.1. The number of hydrogen-bond acceptors (Lipinski definition) is 6. The molecule has 6 nitrogen and oxygen atoms in total. The number of hydrogen-bond donors (Lipinski definition) is 0. The van der Waals surface area contributed by atoms with Crippen LogP contribution in [0.25, 0.3) is 0 Å². The fourth-order valence-electron chi connectivity index (χ4n) is 1.20. The summed E-state index contributed by atoms with van der Waals surface area (Å²) in [6.45, 7) is 0. The minimum absolute atomic E-state index is 0. The Morgan fingerprint density at radius 2 is 0.826 bits per heavy atom. The van der Waals surface area contributed by atoms with Gasteiger partial charge in [-0.25, -0.2) is 16.8 Å². The van der Waals surface area contributed by atoms with Crippen molar-refractivity contribution in [2.75, 3.05) is 0 Å². The molecule has 23 heavy (non-hydrogen) atoms. The number of benzene rings is 2. The summed E-state index contributed by atoms with van der Waals surface area (Å²) in [7, 11) is -8.66. The summed E-state index contributed by atoms with van der Waals surface area (Å²) in [5.74, 6) is 0. The molecule has 0 N–H and O–H groups in total. The first-order valence-electron chi connectivity index (χ1n) is 5.43. The van der Waals surface area contributed by atoms with Gasteiger partial charge in [-0.05, 0) is 48.5 Å². The molecule has 0 radical (unpaired) electrons. The molecule has 0 aliphatic heterocycles. The molecule has 0 bridgehead atoms. The smallest absolute Gasteiger partial charge is 0.744 e. The molecule has 0 saturated heterocycles. The van der Waals surface area contributed by atoms with Crippen LogP contribution in [0.15, 0.2) is 58.3 Å². The zero-order valence-corrected chi connectivity index (χ0v) is 20.0. The second-order valence-corrected chi connectivity index (χ2v) is 7.45. The molecule has 0 aliphatic carbocycles. The van der Waals surface area contributed by atoms with Gasteiger partial charge in [0.25, 0.3) is 0 Å². The molecule has 11 heteroatoms. The molecule has 0 amide bonds. The molecule has 2 aromatic carbocycles. The molecular weight excluding hydrogens is 576 g/mol. The Hall–Kier alpha value is -0.225. The number of rotatable bonds is 2. The predicted molar refractivity (Wildman–Crippen MR) is 78.8 cm³/mol. The van der Waals surface area contributed by atoms with Gasteiger partial charge in [-0.1, -0.05) is 23.2 Å². The fraction of sp³-hybridized carbons (Fsp3) is 0. The average molecular weight is 584 g/mol. The van der Waals surface area contributed by atoms with Crippen LogP contribution in [0.4, 0.5) is 0 Å². The Labute approximate surface area is 164 Å². The Kier molecular flexibility index (Phi) is 9.22. The van der Waals surface area contributed by atoms with Crippen LogP contribution in [-0.2, 0) is 47.9 Å². The van der Waals surface area contributed by atoms with Crippen LogP contribution in [0.1, 0.15) is 0 Å². The van der Waals surface area contributed by atoms with E-state index in [2.05, 4.69) is 0 Å². The number of halogens is 2. The van der Waals surface area contributed by atoms with E-state index in [9.17, 15) is 25.9 Å². The van der Waals surface area contributed by atoms with Gasteiger partial charge in [0.05, 0.1) is 9.79 Å². The van der Waals surface area contributed by atoms with Crippen LogP contribution in [0.5, 0.6) is 0 Å². The minimum atomic E-state index is -4.33. The summed E-state index contributed by atoms with van der Waals surface area (Å²) in [4.78, 5) is -0.524. The molecule has 0 saturated carbocycles. The summed E-state index contributed by atoms with van der Waals surface area (Å²) in [6.07, 6.45) is 0. The molecule has 0 aromatic heterocycles. The topological polar surface area (TPSA) is 114 Å². The molecule has 0 unspecified atom stereocenters. The van der Waals surface area contributed by atoms with Crippen LogP contribution in [0, 0.1) is 0 Å². The third-order valence-electron chi connectivity index (χ3n) is 2.20. The molecule has 120 valence electrons. The quantitative estimate of drug-likeness (QED) is 0.397. The Morgan fingerprint density at radius 3 is 1.00 bits per heavy atom. The molecule has 0 atom stereocenters. The minimum Gasteiger partial charge on any atom is -0.744 e. The normalized spacial score (nSPS) is 11.0. The van der Waals surface area contributed by atoms with E-state index in [1.165, 1.54) is 48.5 Å². The van der Waals surface area contributed by atoms with Gasteiger partial charge < -0.3 is 9.11 Å². The van der Waals surface area contributed by atoms with Crippen LogP contribution >= 0.6 is 23.2 Å². The second kappa shape index (κ2) is 9.31. The molecular formula is C12H8Cl2HgO6S2. The SMILES string of the molecule is O=S(=O)([O-])c1ccc(Cl)cc1.O=S(=O)([O-])c1ccc(Cl)cc1.[Hg+2]. The van der Waals surface area contributed by atoms with Gasteiger partial charge in [0.15, 0.2) is 0 Å². The van der Waals surface area contributed by atoms with Crippen LogP contribution in [-0.4, -0.2) is 25.9 Å². The van der Waals surface area contributed by atoms with Crippen molar-refractivity contribution in [2.24, 2.45) is 0 Å². The molecule has 0 aliphatic rings. The largest absolute Gasteiger partial charge is 2.00 e. The van der Waals surface area contributed by atoms with E-state index in [4.69, 9.17) is 23.2 Å². The third-order valence-corrected chi connectivity index (χ3v) is 4.41. The molecule has 0 fully saturated rings. The molecule has 0 spiro atoms. The van der Waals surface area contributed by atoms with Gasteiger partial charge in [0.2, 0.25) is 0 Å². The maximum absolute atomic E-state index is 10.3. The Balaban J connectivity index is 0.000000403. The van der Waals surface area contributed by atoms with Crippen LogP contribution in [0.2, 0.25) is 10.0 Å². The van der Waals surface area contributed by atoms with E-state index >= 15 is 0 Å². The Morgan fingerprint density at radius 1 is 0.609 bits per heavy atom. The zero-order chi connectivity index (χ0) is 17.0. The first kappa shape index (κ1) is 22.8. The monoisotopic (exact) mass is 584 g/mol. The van der Waals surface area contributed by atoms with Gasteiger partial charge in [-0.3, -0.25) is 0 Å².